The molecule has 3 aromatic rings. The quantitative estimate of drug-likeness (QED) is 0.779. The summed E-state index contributed by atoms with van der Waals surface area (Å²) in [5.74, 6) is 1.48. The van der Waals surface area contributed by atoms with Crippen LogP contribution in [0.1, 0.15) is 11.3 Å². The van der Waals surface area contributed by atoms with E-state index >= 15 is 0 Å². The standard InChI is InChI=1S/C17H16ClN3O/c1-10-7-15(22-3)13(8-14(10)18)17-20-11(2)16(21-17)12-5-4-6-19-9-12/h4-9H,1-3H3,(H,20,21). The van der Waals surface area contributed by atoms with Gasteiger partial charge in [0.25, 0.3) is 0 Å². The molecule has 0 aliphatic heterocycles. The summed E-state index contributed by atoms with van der Waals surface area (Å²) < 4.78 is 5.46. The molecule has 0 unspecified atom stereocenters. The number of aryl methyl sites for hydroxylation is 2. The topological polar surface area (TPSA) is 50.8 Å². The largest absolute Gasteiger partial charge is 0.496 e. The maximum Gasteiger partial charge on any atom is 0.141 e. The van der Waals surface area contributed by atoms with Crippen LogP contribution >= 0.6 is 11.6 Å². The zero-order valence-corrected chi connectivity index (χ0v) is 13.4. The molecule has 0 aliphatic carbocycles. The number of benzene rings is 1. The molecule has 2 heterocycles. The monoisotopic (exact) mass is 313 g/mol. The number of hydrogen-bond acceptors (Lipinski definition) is 3. The Labute approximate surface area is 134 Å². The predicted octanol–water partition coefficient (Wildman–Crippen LogP) is 4.42. The van der Waals surface area contributed by atoms with Crippen LogP contribution in [-0.2, 0) is 0 Å². The number of nitrogens with zero attached hydrogens (tertiary/aromatic N) is 2. The SMILES string of the molecule is COc1cc(C)c(Cl)cc1-c1nc(C)c(-c2cccnc2)[nH]1. The normalized spacial score (nSPS) is 10.7. The smallest absolute Gasteiger partial charge is 0.141 e. The van der Waals surface area contributed by atoms with Gasteiger partial charge in [0.15, 0.2) is 0 Å². The maximum absolute atomic E-state index is 6.25. The first-order chi connectivity index (χ1) is 10.6. The molecule has 2 aromatic heterocycles. The highest BCUT2D eigenvalue weighted by Gasteiger charge is 2.15. The average Bonchev–Trinajstić information content (AvgIpc) is 2.92. The van der Waals surface area contributed by atoms with Crippen molar-refractivity contribution >= 4 is 11.6 Å². The van der Waals surface area contributed by atoms with Crippen LogP contribution in [0.15, 0.2) is 36.7 Å². The van der Waals surface area contributed by atoms with Gasteiger partial charge in [-0.2, -0.15) is 0 Å². The Kier molecular flexibility index (Phi) is 3.86. The molecular weight excluding hydrogens is 298 g/mol. The fourth-order valence-electron chi connectivity index (χ4n) is 2.39. The lowest BCUT2D eigenvalue weighted by Gasteiger charge is -2.09. The highest BCUT2D eigenvalue weighted by molar-refractivity contribution is 6.31. The number of imidazole rings is 1. The number of pyridine rings is 1. The predicted molar refractivity (Wildman–Crippen MR) is 88.3 cm³/mol. The summed E-state index contributed by atoms with van der Waals surface area (Å²) in [6.07, 6.45) is 3.56. The third-order valence-corrected chi connectivity index (χ3v) is 3.98. The van der Waals surface area contributed by atoms with Crippen molar-refractivity contribution < 1.29 is 4.74 Å². The van der Waals surface area contributed by atoms with Crippen LogP contribution < -0.4 is 4.74 Å². The van der Waals surface area contributed by atoms with Gasteiger partial charge in [-0.05, 0) is 43.7 Å². The highest BCUT2D eigenvalue weighted by Crippen LogP contribution is 2.34. The number of halogens is 1. The second-order valence-corrected chi connectivity index (χ2v) is 5.50. The van der Waals surface area contributed by atoms with Crippen LogP contribution in [0, 0.1) is 13.8 Å². The molecule has 4 nitrogen and oxygen atoms in total. The molecule has 1 N–H and O–H groups in total. The zero-order valence-electron chi connectivity index (χ0n) is 12.6. The lowest BCUT2D eigenvalue weighted by molar-refractivity contribution is 0.416. The van der Waals surface area contributed by atoms with E-state index in [1.54, 1.807) is 13.3 Å². The summed E-state index contributed by atoms with van der Waals surface area (Å²) in [5, 5.41) is 0.688. The van der Waals surface area contributed by atoms with Crippen LogP contribution in [0.5, 0.6) is 5.75 Å². The van der Waals surface area contributed by atoms with Gasteiger partial charge in [0.1, 0.15) is 11.6 Å². The van der Waals surface area contributed by atoms with Crippen molar-refractivity contribution in [1.29, 1.82) is 0 Å². The van der Waals surface area contributed by atoms with Gasteiger partial charge in [0, 0.05) is 23.0 Å². The van der Waals surface area contributed by atoms with Gasteiger partial charge >= 0.3 is 0 Å². The van der Waals surface area contributed by atoms with Gasteiger partial charge in [-0.1, -0.05) is 11.6 Å². The minimum absolute atomic E-state index is 0.688. The Hall–Kier alpha value is -2.33. The molecule has 0 atom stereocenters. The van der Waals surface area contributed by atoms with Gasteiger partial charge in [0.05, 0.1) is 24.1 Å². The van der Waals surface area contributed by atoms with Gasteiger partial charge in [-0.25, -0.2) is 4.98 Å². The summed E-state index contributed by atoms with van der Waals surface area (Å²) >= 11 is 6.25. The first kappa shape index (κ1) is 14.6. The van der Waals surface area contributed by atoms with Crippen molar-refractivity contribution in [2.75, 3.05) is 7.11 Å². The van der Waals surface area contributed by atoms with Crippen molar-refractivity contribution in [3.8, 4) is 28.4 Å². The summed E-state index contributed by atoms with van der Waals surface area (Å²) in [6, 6.07) is 7.69. The van der Waals surface area contributed by atoms with E-state index in [0.717, 1.165) is 39.7 Å². The minimum atomic E-state index is 0.688. The number of rotatable bonds is 3. The Morgan fingerprint density at radius 3 is 2.73 bits per heavy atom. The molecule has 0 radical (unpaired) electrons. The number of aromatic nitrogens is 3. The molecule has 22 heavy (non-hydrogen) atoms. The molecule has 5 heteroatoms. The Balaban J connectivity index is 2.13. The van der Waals surface area contributed by atoms with Crippen molar-refractivity contribution in [3.05, 3.63) is 52.9 Å². The van der Waals surface area contributed by atoms with Gasteiger partial charge < -0.3 is 9.72 Å². The molecule has 112 valence electrons. The van der Waals surface area contributed by atoms with Crippen LogP contribution in [0.3, 0.4) is 0 Å². The zero-order chi connectivity index (χ0) is 15.7. The van der Waals surface area contributed by atoms with E-state index in [9.17, 15) is 0 Å². The number of ether oxygens (including phenoxy) is 1. The highest BCUT2D eigenvalue weighted by atomic mass is 35.5. The molecule has 0 bridgehead atoms. The molecule has 0 saturated carbocycles. The fourth-order valence-corrected chi connectivity index (χ4v) is 2.55. The Morgan fingerprint density at radius 1 is 1.23 bits per heavy atom. The third kappa shape index (κ3) is 2.57. The second kappa shape index (κ2) is 5.81. The lowest BCUT2D eigenvalue weighted by atomic mass is 10.1. The van der Waals surface area contributed by atoms with Gasteiger partial charge in [-0.3, -0.25) is 4.98 Å². The van der Waals surface area contributed by atoms with E-state index in [2.05, 4.69) is 15.0 Å². The molecule has 0 aliphatic rings. The van der Waals surface area contributed by atoms with E-state index < -0.39 is 0 Å². The van der Waals surface area contributed by atoms with E-state index in [-0.39, 0.29) is 0 Å². The maximum atomic E-state index is 6.25. The molecular formula is C17H16ClN3O. The van der Waals surface area contributed by atoms with Crippen LogP contribution in [0.4, 0.5) is 0 Å². The number of methoxy groups -OCH3 is 1. The van der Waals surface area contributed by atoms with Gasteiger partial charge in [-0.15, -0.1) is 0 Å². The average molecular weight is 314 g/mol. The van der Waals surface area contributed by atoms with Crippen molar-refractivity contribution in [2.45, 2.75) is 13.8 Å². The fraction of sp³-hybridized carbons (Fsp3) is 0.176. The van der Waals surface area contributed by atoms with Crippen LogP contribution in [0.2, 0.25) is 5.02 Å². The van der Waals surface area contributed by atoms with E-state index in [0.29, 0.717) is 5.02 Å². The Bertz CT molecular complexity index is 812. The second-order valence-electron chi connectivity index (χ2n) is 5.09. The van der Waals surface area contributed by atoms with E-state index in [4.69, 9.17) is 16.3 Å². The minimum Gasteiger partial charge on any atom is -0.496 e. The number of H-pyrrole nitrogens is 1. The van der Waals surface area contributed by atoms with Gasteiger partial charge in [0.2, 0.25) is 0 Å². The van der Waals surface area contributed by atoms with Crippen molar-refractivity contribution in [3.63, 3.8) is 0 Å². The lowest BCUT2D eigenvalue weighted by Crippen LogP contribution is -1.91. The summed E-state index contributed by atoms with van der Waals surface area (Å²) in [5.41, 5.74) is 4.66. The van der Waals surface area contributed by atoms with E-state index in [1.165, 1.54) is 0 Å². The molecule has 0 saturated heterocycles. The Morgan fingerprint density at radius 2 is 2.05 bits per heavy atom. The molecule has 3 rings (SSSR count). The van der Waals surface area contributed by atoms with Crippen molar-refractivity contribution in [1.82, 2.24) is 15.0 Å². The van der Waals surface area contributed by atoms with Crippen LogP contribution in [0.25, 0.3) is 22.6 Å². The first-order valence-corrected chi connectivity index (χ1v) is 7.29. The first-order valence-electron chi connectivity index (χ1n) is 6.91. The third-order valence-electron chi connectivity index (χ3n) is 3.57. The summed E-state index contributed by atoms with van der Waals surface area (Å²) in [7, 11) is 1.64. The number of nitrogens with one attached hydrogen (secondary N) is 1. The van der Waals surface area contributed by atoms with Crippen LogP contribution in [-0.4, -0.2) is 22.1 Å². The number of aromatic amines is 1. The summed E-state index contributed by atoms with van der Waals surface area (Å²) in [4.78, 5) is 12.1. The molecule has 0 fully saturated rings. The summed E-state index contributed by atoms with van der Waals surface area (Å²) in [6.45, 7) is 3.91. The van der Waals surface area contributed by atoms with E-state index in [1.807, 2.05) is 44.3 Å². The molecule has 0 amide bonds. The molecule has 1 aromatic carbocycles. The number of hydrogen-bond donors (Lipinski definition) is 1. The molecule has 0 spiro atoms. The van der Waals surface area contributed by atoms with Crippen molar-refractivity contribution in [2.24, 2.45) is 0 Å².